The first-order valence-corrected chi connectivity index (χ1v) is 8.04. The van der Waals surface area contributed by atoms with Crippen LogP contribution in [0.15, 0.2) is 36.5 Å². The first-order valence-electron chi connectivity index (χ1n) is 7.67. The third kappa shape index (κ3) is 3.14. The van der Waals surface area contributed by atoms with E-state index in [1.165, 1.54) is 0 Å². The fraction of sp³-hybridized carbons (Fsp3) is 0.211. The van der Waals surface area contributed by atoms with Crippen molar-refractivity contribution in [1.29, 1.82) is 0 Å². The summed E-state index contributed by atoms with van der Waals surface area (Å²) in [6.45, 7) is -0.401. The van der Waals surface area contributed by atoms with Crippen molar-refractivity contribution in [3.63, 3.8) is 0 Å². The van der Waals surface area contributed by atoms with Gasteiger partial charge in [-0.3, -0.25) is 0 Å². The smallest absolute Gasteiger partial charge is 0.161 e. The van der Waals surface area contributed by atoms with Gasteiger partial charge in [0.2, 0.25) is 0 Å². The summed E-state index contributed by atoms with van der Waals surface area (Å²) in [7, 11) is 3.14. The molecule has 2 N–H and O–H groups in total. The van der Waals surface area contributed by atoms with E-state index in [1.807, 2.05) is 24.3 Å². The second-order valence-electron chi connectivity index (χ2n) is 5.50. The highest BCUT2D eigenvalue weighted by Gasteiger charge is 2.17. The summed E-state index contributed by atoms with van der Waals surface area (Å²) < 4.78 is 10.8. The Morgan fingerprint density at radius 1 is 1.00 bits per heavy atom. The van der Waals surface area contributed by atoms with E-state index in [-0.39, 0.29) is 13.2 Å². The summed E-state index contributed by atoms with van der Waals surface area (Å²) in [6, 6.07) is 9.10. The number of methoxy groups -OCH3 is 2. The van der Waals surface area contributed by atoms with Gasteiger partial charge >= 0.3 is 0 Å². The quantitative estimate of drug-likeness (QED) is 0.681. The molecule has 0 saturated carbocycles. The van der Waals surface area contributed by atoms with Gasteiger partial charge < -0.3 is 19.7 Å². The second kappa shape index (κ2) is 7.27. The van der Waals surface area contributed by atoms with E-state index >= 15 is 0 Å². The fourth-order valence-electron chi connectivity index (χ4n) is 3.04. The van der Waals surface area contributed by atoms with Crippen LogP contribution in [-0.2, 0) is 13.2 Å². The van der Waals surface area contributed by atoms with Crippen LogP contribution < -0.4 is 9.47 Å². The van der Waals surface area contributed by atoms with Crippen molar-refractivity contribution in [1.82, 2.24) is 4.98 Å². The standard InChI is InChI=1S/C19H18ClNO4/c1-24-16-6-12-5-13(9-22)15(10-23)19(14(12)8-17(16)25-2)11-3-4-21-18(20)7-11/h3-8,22-23H,9-10H2,1-2H3. The monoisotopic (exact) mass is 359 g/mol. The van der Waals surface area contributed by atoms with Crippen molar-refractivity contribution < 1.29 is 19.7 Å². The Hall–Kier alpha value is -2.34. The SMILES string of the molecule is COc1cc2cc(CO)c(CO)c(-c3ccnc(Cl)c3)c2cc1OC. The Labute approximate surface area is 150 Å². The first kappa shape index (κ1) is 17.5. The fourth-order valence-corrected chi connectivity index (χ4v) is 3.21. The lowest BCUT2D eigenvalue weighted by Gasteiger charge is -2.18. The predicted molar refractivity (Wildman–Crippen MR) is 97.1 cm³/mol. The number of hydrogen-bond acceptors (Lipinski definition) is 5. The van der Waals surface area contributed by atoms with Crippen LogP contribution in [0.2, 0.25) is 5.15 Å². The van der Waals surface area contributed by atoms with Crippen molar-refractivity contribution in [2.24, 2.45) is 0 Å². The molecule has 0 aliphatic carbocycles. The summed E-state index contributed by atoms with van der Waals surface area (Å²) in [4.78, 5) is 4.01. The minimum Gasteiger partial charge on any atom is -0.493 e. The van der Waals surface area contributed by atoms with Gasteiger partial charge in [0.05, 0.1) is 27.4 Å². The molecule has 0 unspecified atom stereocenters. The Balaban J connectivity index is 2.45. The van der Waals surface area contributed by atoms with E-state index < -0.39 is 0 Å². The van der Waals surface area contributed by atoms with E-state index in [0.717, 1.165) is 21.9 Å². The predicted octanol–water partition coefficient (Wildman–Crippen LogP) is 3.56. The molecule has 3 rings (SSSR count). The molecule has 130 valence electrons. The summed E-state index contributed by atoms with van der Waals surface area (Å²) in [5.74, 6) is 1.17. The molecule has 0 atom stereocenters. The number of aromatic nitrogens is 1. The molecule has 0 amide bonds. The molecule has 0 aliphatic heterocycles. The third-order valence-electron chi connectivity index (χ3n) is 4.19. The Morgan fingerprint density at radius 3 is 2.32 bits per heavy atom. The summed E-state index contributed by atoms with van der Waals surface area (Å²) in [5.41, 5.74) is 2.88. The molecular weight excluding hydrogens is 342 g/mol. The molecule has 6 heteroatoms. The van der Waals surface area contributed by atoms with Crippen LogP contribution in [0.3, 0.4) is 0 Å². The number of ether oxygens (including phenoxy) is 2. The van der Waals surface area contributed by atoms with Crippen LogP contribution in [-0.4, -0.2) is 29.4 Å². The molecule has 5 nitrogen and oxygen atoms in total. The normalized spacial score (nSPS) is 10.9. The Bertz CT molecular complexity index is 922. The zero-order valence-electron chi connectivity index (χ0n) is 13.9. The Morgan fingerprint density at radius 2 is 1.72 bits per heavy atom. The highest BCUT2D eigenvalue weighted by molar-refractivity contribution is 6.29. The summed E-state index contributed by atoms with van der Waals surface area (Å²) >= 11 is 6.05. The van der Waals surface area contributed by atoms with Crippen LogP contribution in [0, 0.1) is 0 Å². The third-order valence-corrected chi connectivity index (χ3v) is 4.39. The number of aliphatic hydroxyl groups is 2. The maximum atomic E-state index is 9.93. The number of rotatable bonds is 5. The van der Waals surface area contributed by atoms with Gasteiger partial charge in [-0.2, -0.15) is 0 Å². The number of halogens is 1. The average Bonchev–Trinajstić information content (AvgIpc) is 2.64. The van der Waals surface area contributed by atoms with Gasteiger partial charge in [0.25, 0.3) is 0 Å². The lowest BCUT2D eigenvalue weighted by molar-refractivity contribution is 0.260. The van der Waals surface area contributed by atoms with Crippen molar-refractivity contribution in [3.8, 4) is 22.6 Å². The van der Waals surface area contributed by atoms with E-state index in [9.17, 15) is 10.2 Å². The number of benzene rings is 2. The zero-order valence-corrected chi connectivity index (χ0v) is 14.7. The van der Waals surface area contributed by atoms with Gasteiger partial charge in [0, 0.05) is 6.20 Å². The minimum atomic E-state index is -0.213. The second-order valence-corrected chi connectivity index (χ2v) is 5.89. The Kier molecular flexibility index (Phi) is 5.08. The molecule has 1 heterocycles. The van der Waals surface area contributed by atoms with Crippen molar-refractivity contribution in [2.45, 2.75) is 13.2 Å². The molecule has 25 heavy (non-hydrogen) atoms. The van der Waals surface area contributed by atoms with Crippen LogP contribution in [0.25, 0.3) is 21.9 Å². The molecule has 0 saturated heterocycles. The lowest BCUT2D eigenvalue weighted by atomic mass is 9.90. The van der Waals surface area contributed by atoms with Crippen LogP contribution in [0.4, 0.5) is 0 Å². The van der Waals surface area contributed by atoms with E-state index in [1.54, 1.807) is 26.5 Å². The average molecular weight is 360 g/mol. The highest BCUT2D eigenvalue weighted by Crippen LogP contribution is 2.40. The van der Waals surface area contributed by atoms with Crippen LogP contribution in [0.1, 0.15) is 11.1 Å². The molecule has 1 aromatic heterocycles. The van der Waals surface area contributed by atoms with E-state index in [0.29, 0.717) is 27.8 Å². The molecule has 0 radical (unpaired) electrons. The van der Waals surface area contributed by atoms with Crippen molar-refractivity contribution in [2.75, 3.05) is 14.2 Å². The number of nitrogens with zero attached hydrogens (tertiary/aromatic N) is 1. The van der Waals surface area contributed by atoms with Crippen LogP contribution in [0.5, 0.6) is 11.5 Å². The molecule has 0 aliphatic rings. The van der Waals surface area contributed by atoms with Gasteiger partial charge in [-0.25, -0.2) is 4.98 Å². The van der Waals surface area contributed by atoms with Gasteiger partial charge in [-0.1, -0.05) is 11.6 Å². The minimum absolute atomic E-state index is 0.188. The number of fused-ring (bicyclic) bond motifs is 1. The molecule has 0 spiro atoms. The maximum absolute atomic E-state index is 9.93. The van der Waals surface area contributed by atoms with Gasteiger partial charge in [-0.15, -0.1) is 0 Å². The molecular formula is C19H18ClNO4. The largest absolute Gasteiger partial charge is 0.493 e. The van der Waals surface area contributed by atoms with Crippen molar-refractivity contribution in [3.05, 3.63) is 52.8 Å². The molecule has 2 aromatic carbocycles. The first-order chi connectivity index (χ1) is 12.1. The molecule has 3 aromatic rings. The van der Waals surface area contributed by atoms with E-state index in [4.69, 9.17) is 21.1 Å². The number of pyridine rings is 1. The highest BCUT2D eigenvalue weighted by atomic mass is 35.5. The van der Waals surface area contributed by atoms with Gasteiger partial charge in [0.15, 0.2) is 11.5 Å². The van der Waals surface area contributed by atoms with Crippen molar-refractivity contribution >= 4 is 22.4 Å². The maximum Gasteiger partial charge on any atom is 0.161 e. The van der Waals surface area contributed by atoms with Crippen LogP contribution >= 0.6 is 11.6 Å². The summed E-state index contributed by atoms with van der Waals surface area (Å²) in [5, 5.41) is 21.8. The van der Waals surface area contributed by atoms with Gasteiger partial charge in [0.1, 0.15) is 5.15 Å². The zero-order chi connectivity index (χ0) is 18.0. The van der Waals surface area contributed by atoms with E-state index in [2.05, 4.69) is 4.98 Å². The summed E-state index contributed by atoms with van der Waals surface area (Å²) in [6.07, 6.45) is 1.61. The lowest BCUT2D eigenvalue weighted by Crippen LogP contribution is -2.00. The van der Waals surface area contributed by atoms with Gasteiger partial charge in [-0.05, 0) is 63.4 Å². The molecule has 0 fully saturated rings. The number of aliphatic hydroxyl groups excluding tert-OH is 2. The topological polar surface area (TPSA) is 71.8 Å². The number of hydrogen-bond donors (Lipinski definition) is 2. The molecule has 0 bridgehead atoms.